The van der Waals surface area contributed by atoms with Crippen LogP contribution in [0.5, 0.6) is 5.75 Å². The molecule has 0 radical (unpaired) electrons. The maximum Gasteiger partial charge on any atom is 0.170 e. The fourth-order valence-electron chi connectivity index (χ4n) is 1.12. The molecule has 0 fully saturated rings. The molecule has 0 aliphatic heterocycles. The van der Waals surface area contributed by atoms with Crippen LogP contribution in [0.2, 0.25) is 0 Å². The van der Waals surface area contributed by atoms with Gasteiger partial charge in [0.2, 0.25) is 0 Å². The minimum absolute atomic E-state index is 0.585. The zero-order valence-electron chi connectivity index (χ0n) is 9.45. The second-order valence-corrected chi connectivity index (χ2v) is 3.51. The van der Waals surface area contributed by atoms with Crippen molar-refractivity contribution >= 4 is 23.0 Å². The Balaban J connectivity index is 2.37. The molecule has 1 aromatic carbocycles. The van der Waals surface area contributed by atoms with E-state index in [9.17, 15) is 0 Å². The molecule has 16 heavy (non-hydrogen) atoms. The zero-order chi connectivity index (χ0) is 11.8. The van der Waals surface area contributed by atoms with Gasteiger partial charge < -0.3 is 20.1 Å². The highest BCUT2D eigenvalue weighted by molar-refractivity contribution is 7.80. The highest BCUT2D eigenvalue weighted by Gasteiger charge is 1.97. The van der Waals surface area contributed by atoms with Crippen molar-refractivity contribution in [3.63, 3.8) is 0 Å². The molecule has 0 aliphatic rings. The number of thiocarbonyl (C=S) groups is 1. The molecule has 4 nitrogen and oxygen atoms in total. The van der Waals surface area contributed by atoms with Crippen LogP contribution in [-0.4, -0.2) is 32.5 Å². The molecule has 0 atom stereocenters. The van der Waals surface area contributed by atoms with E-state index in [0.29, 0.717) is 18.3 Å². The van der Waals surface area contributed by atoms with Gasteiger partial charge in [-0.1, -0.05) is 0 Å². The fourth-order valence-corrected chi connectivity index (χ4v) is 1.34. The molecule has 2 N–H and O–H groups in total. The summed E-state index contributed by atoms with van der Waals surface area (Å²) in [6.07, 6.45) is 0. The van der Waals surface area contributed by atoms with E-state index in [0.717, 1.165) is 11.4 Å². The number of hydrogen-bond donors (Lipinski definition) is 2. The van der Waals surface area contributed by atoms with Gasteiger partial charge in [-0.15, -0.1) is 0 Å². The number of ether oxygens (including phenoxy) is 2. The highest BCUT2D eigenvalue weighted by Crippen LogP contribution is 2.14. The average Bonchev–Trinajstić information content (AvgIpc) is 2.30. The summed E-state index contributed by atoms with van der Waals surface area (Å²) < 4.78 is 9.97. The summed E-state index contributed by atoms with van der Waals surface area (Å²) >= 11 is 5.10. The Morgan fingerprint density at radius 3 is 2.50 bits per heavy atom. The van der Waals surface area contributed by atoms with Crippen molar-refractivity contribution in [1.29, 1.82) is 0 Å². The van der Waals surface area contributed by atoms with Crippen LogP contribution < -0.4 is 15.4 Å². The van der Waals surface area contributed by atoms with E-state index in [-0.39, 0.29) is 0 Å². The van der Waals surface area contributed by atoms with Crippen molar-refractivity contribution in [1.82, 2.24) is 5.32 Å². The molecule has 1 aromatic rings. The summed E-state index contributed by atoms with van der Waals surface area (Å²) in [5, 5.41) is 6.67. The van der Waals surface area contributed by atoms with Gasteiger partial charge in [0.25, 0.3) is 0 Å². The van der Waals surface area contributed by atoms with Gasteiger partial charge in [-0.25, -0.2) is 0 Å². The first-order valence-corrected chi connectivity index (χ1v) is 5.35. The number of rotatable bonds is 5. The van der Waals surface area contributed by atoms with Crippen LogP contribution in [0.4, 0.5) is 5.69 Å². The standard InChI is InChI=1S/C11H16N2O2S/c1-14-8-7-12-11(16)13-9-3-5-10(15-2)6-4-9/h3-6H,7-8H2,1-2H3,(H2,12,13,16). The van der Waals surface area contributed by atoms with E-state index in [4.69, 9.17) is 21.7 Å². The number of benzene rings is 1. The first-order valence-electron chi connectivity index (χ1n) is 4.94. The maximum absolute atomic E-state index is 5.10. The first kappa shape index (κ1) is 12.7. The second kappa shape index (κ2) is 7.03. The van der Waals surface area contributed by atoms with Crippen LogP contribution in [0, 0.1) is 0 Å². The minimum atomic E-state index is 0.585. The predicted molar refractivity (Wildman–Crippen MR) is 69.1 cm³/mol. The molecule has 0 bridgehead atoms. The summed E-state index contributed by atoms with van der Waals surface area (Å²) in [5.74, 6) is 0.823. The van der Waals surface area contributed by atoms with Crippen molar-refractivity contribution in [2.24, 2.45) is 0 Å². The molecule has 0 amide bonds. The van der Waals surface area contributed by atoms with E-state index in [1.807, 2.05) is 24.3 Å². The molecule has 0 saturated carbocycles. The third-order valence-corrected chi connectivity index (χ3v) is 2.19. The average molecular weight is 240 g/mol. The van der Waals surface area contributed by atoms with E-state index in [2.05, 4.69) is 10.6 Å². The van der Waals surface area contributed by atoms with Crippen LogP contribution in [0.25, 0.3) is 0 Å². The Labute approximate surface area is 101 Å². The molecule has 0 spiro atoms. The fraction of sp³-hybridized carbons (Fsp3) is 0.364. The Bertz CT molecular complexity index is 327. The van der Waals surface area contributed by atoms with Gasteiger partial charge in [0, 0.05) is 19.3 Å². The van der Waals surface area contributed by atoms with Crippen molar-refractivity contribution in [3.05, 3.63) is 24.3 Å². The molecule has 0 unspecified atom stereocenters. The van der Waals surface area contributed by atoms with Gasteiger partial charge in [-0.05, 0) is 36.5 Å². The van der Waals surface area contributed by atoms with Crippen molar-refractivity contribution in [3.8, 4) is 5.75 Å². The molecule has 1 rings (SSSR count). The summed E-state index contributed by atoms with van der Waals surface area (Å²) in [7, 11) is 3.29. The molecule has 0 heterocycles. The predicted octanol–water partition coefficient (Wildman–Crippen LogP) is 1.63. The van der Waals surface area contributed by atoms with E-state index in [1.54, 1.807) is 14.2 Å². The lowest BCUT2D eigenvalue weighted by atomic mass is 10.3. The van der Waals surface area contributed by atoms with E-state index in [1.165, 1.54) is 0 Å². The van der Waals surface area contributed by atoms with Gasteiger partial charge in [-0.3, -0.25) is 0 Å². The van der Waals surface area contributed by atoms with Gasteiger partial charge in [0.05, 0.1) is 13.7 Å². The molecule has 0 aliphatic carbocycles. The molecule has 0 aromatic heterocycles. The molecular formula is C11H16N2O2S. The van der Waals surface area contributed by atoms with Gasteiger partial charge in [-0.2, -0.15) is 0 Å². The Kier molecular flexibility index (Phi) is 5.60. The van der Waals surface area contributed by atoms with Gasteiger partial charge >= 0.3 is 0 Å². The lowest BCUT2D eigenvalue weighted by molar-refractivity contribution is 0.204. The molecular weight excluding hydrogens is 224 g/mol. The SMILES string of the molecule is COCCNC(=S)Nc1ccc(OC)cc1. The quantitative estimate of drug-likeness (QED) is 0.605. The zero-order valence-corrected chi connectivity index (χ0v) is 10.3. The smallest absolute Gasteiger partial charge is 0.170 e. The van der Waals surface area contributed by atoms with Gasteiger partial charge in [0.1, 0.15) is 5.75 Å². The largest absolute Gasteiger partial charge is 0.497 e. The van der Waals surface area contributed by atoms with Crippen LogP contribution >= 0.6 is 12.2 Å². The second-order valence-electron chi connectivity index (χ2n) is 3.10. The molecule has 5 heteroatoms. The van der Waals surface area contributed by atoms with Crippen molar-refractivity contribution < 1.29 is 9.47 Å². The Hall–Kier alpha value is -1.33. The van der Waals surface area contributed by atoms with E-state index >= 15 is 0 Å². The van der Waals surface area contributed by atoms with Crippen molar-refractivity contribution in [2.75, 3.05) is 32.7 Å². The molecule has 88 valence electrons. The van der Waals surface area contributed by atoms with E-state index < -0.39 is 0 Å². The lowest BCUT2D eigenvalue weighted by Crippen LogP contribution is -2.31. The first-order chi connectivity index (χ1) is 7.76. The number of methoxy groups -OCH3 is 2. The highest BCUT2D eigenvalue weighted by atomic mass is 32.1. The third kappa shape index (κ3) is 4.46. The normalized spacial score (nSPS) is 9.62. The summed E-state index contributed by atoms with van der Waals surface area (Å²) in [4.78, 5) is 0. The van der Waals surface area contributed by atoms with Crippen LogP contribution in [0.1, 0.15) is 0 Å². The number of anilines is 1. The summed E-state index contributed by atoms with van der Waals surface area (Å²) in [6, 6.07) is 7.56. The monoisotopic (exact) mass is 240 g/mol. The molecule has 0 saturated heterocycles. The van der Waals surface area contributed by atoms with Gasteiger partial charge in [0.15, 0.2) is 5.11 Å². The van der Waals surface area contributed by atoms with Crippen molar-refractivity contribution in [2.45, 2.75) is 0 Å². The Morgan fingerprint density at radius 1 is 1.25 bits per heavy atom. The summed E-state index contributed by atoms with van der Waals surface area (Å²) in [6.45, 7) is 1.32. The number of nitrogens with one attached hydrogen (secondary N) is 2. The maximum atomic E-state index is 5.10. The number of hydrogen-bond acceptors (Lipinski definition) is 3. The lowest BCUT2D eigenvalue weighted by Gasteiger charge is -2.10. The van der Waals surface area contributed by atoms with Crippen LogP contribution in [0.3, 0.4) is 0 Å². The van der Waals surface area contributed by atoms with Crippen LogP contribution in [-0.2, 0) is 4.74 Å². The Morgan fingerprint density at radius 2 is 1.94 bits per heavy atom. The van der Waals surface area contributed by atoms with Crippen LogP contribution in [0.15, 0.2) is 24.3 Å². The topological polar surface area (TPSA) is 42.5 Å². The minimum Gasteiger partial charge on any atom is -0.497 e. The third-order valence-electron chi connectivity index (χ3n) is 1.94. The summed E-state index contributed by atoms with van der Waals surface area (Å²) in [5.41, 5.74) is 0.927.